The number of benzene rings is 1. The molecule has 0 radical (unpaired) electrons. The van der Waals surface area contributed by atoms with Crippen molar-refractivity contribution >= 4 is 22.0 Å². The van der Waals surface area contributed by atoms with E-state index in [1.54, 1.807) is 19.1 Å². The first-order valence-corrected chi connectivity index (χ1v) is 7.49. The minimum atomic E-state index is -3.81. The lowest BCUT2D eigenvalue weighted by atomic mass is 10.1. The lowest BCUT2D eigenvalue weighted by Crippen LogP contribution is -2.13. The van der Waals surface area contributed by atoms with Crippen molar-refractivity contribution in [1.82, 2.24) is 10.2 Å². The van der Waals surface area contributed by atoms with Crippen LogP contribution in [0.2, 0.25) is 0 Å². The zero-order chi connectivity index (χ0) is 15.5. The summed E-state index contributed by atoms with van der Waals surface area (Å²) in [5.41, 5.74) is 0.741. The molecule has 0 atom stereocenters. The quantitative estimate of drug-likeness (QED) is 0.821. The third kappa shape index (κ3) is 4.02. The number of sulfonamides is 1. The van der Waals surface area contributed by atoms with Gasteiger partial charge in [0.1, 0.15) is 0 Å². The molecule has 1 aromatic heterocycles. The normalized spacial score (nSPS) is 11.3. The van der Waals surface area contributed by atoms with Crippen LogP contribution in [0.4, 0.5) is 6.01 Å². The van der Waals surface area contributed by atoms with Crippen LogP contribution in [0.5, 0.6) is 0 Å². The van der Waals surface area contributed by atoms with Crippen LogP contribution in [0, 0.1) is 6.92 Å². The number of anilines is 1. The highest BCUT2D eigenvalue weighted by Gasteiger charge is 2.17. The fourth-order valence-electron chi connectivity index (χ4n) is 1.60. The highest BCUT2D eigenvalue weighted by Crippen LogP contribution is 2.16. The summed E-state index contributed by atoms with van der Waals surface area (Å²) in [6.45, 7) is 1.54. The number of aliphatic carboxylic acids is 1. The molecule has 0 unspecified atom stereocenters. The van der Waals surface area contributed by atoms with Gasteiger partial charge in [-0.3, -0.25) is 4.79 Å². The molecule has 21 heavy (non-hydrogen) atoms. The summed E-state index contributed by atoms with van der Waals surface area (Å²) in [4.78, 5) is 10.5. The Kier molecular flexibility index (Phi) is 4.22. The first kappa shape index (κ1) is 15.0. The zero-order valence-electron chi connectivity index (χ0n) is 11.1. The van der Waals surface area contributed by atoms with E-state index in [0.717, 1.165) is 5.56 Å². The largest absolute Gasteiger partial charge is 0.481 e. The predicted octanol–water partition coefficient (Wildman–Crippen LogP) is 1.20. The molecule has 0 aliphatic carbocycles. The van der Waals surface area contributed by atoms with E-state index in [-0.39, 0.29) is 23.2 Å². The minimum absolute atomic E-state index is 0.00833. The number of carboxylic acid groups (broad SMARTS) is 1. The maximum absolute atomic E-state index is 12.1. The Balaban J connectivity index is 2.11. The van der Waals surface area contributed by atoms with Gasteiger partial charge in [-0.25, -0.2) is 13.1 Å². The van der Waals surface area contributed by atoms with Crippen LogP contribution in [-0.2, 0) is 21.2 Å². The van der Waals surface area contributed by atoms with Crippen molar-refractivity contribution in [2.75, 3.05) is 4.72 Å². The molecule has 0 aliphatic heterocycles. The molecule has 2 N–H and O–H groups in total. The Morgan fingerprint density at radius 1 is 1.29 bits per heavy atom. The molecule has 112 valence electrons. The van der Waals surface area contributed by atoms with Crippen LogP contribution < -0.4 is 4.72 Å². The monoisotopic (exact) mass is 311 g/mol. The number of carbonyl (C=O) groups is 1. The van der Waals surface area contributed by atoms with Crippen molar-refractivity contribution in [2.24, 2.45) is 0 Å². The number of nitrogens with zero attached hydrogens (tertiary/aromatic N) is 2. The average molecular weight is 311 g/mol. The third-order valence-electron chi connectivity index (χ3n) is 2.61. The molecular formula is C12H13N3O5S. The van der Waals surface area contributed by atoms with E-state index in [9.17, 15) is 13.2 Å². The van der Waals surface area contributed by atoms with Crippen LogP contribution in [0.15, 0.2) is 33.6 Å². The first-order chi connectivity index (χ1) is 9.87. The molecule has 0 saturated carbocycles. The number of nitrogens with one attached hydrogen (secondary N) is 1. The molecule has 9 heteroatoms. The third-order valence-corrected chi connectivity index (χ3v) is 3.95. The highest BCUT2D eigenvalue weighted by atomic mass is 32.2. The van der Waals surface area contributed by atoms with Gasteiger partial charge in [-0.1, -0.05) is 17.2 Å². The summed E-state index contributed by atoms with van der Waals surface area (Å²) in [6, 6.07) is 5.71. The fraction of sp³-hybridized carbons (Fsp3) is 0.250. The molecule has 8 nitrogen and oxygen atoms in total. The Morgan fingerprint density at radius 3 is 2.48 bits per heavy atom. The Labute approximate surface area is 120 Å². The molecular weight excluding hydrogens is 298 g/mol. The van der Waals surface area contributed by atoms with E-state index in [1.165, 1.54) is 12.1 Å². The summed E-state index contributed by atoms with van der Waals surface area (Å²) < 4.78 is 31.2. The number of aryl methyl sites for hydroxylation is 2. The molecule has 0 fully saturated rings. The van der Waals surface area contributed by atoms with Gasteiger partial charge in [0.05, 0.1) is 4.90 Å². The van der Waals surface area contributed by atoms with Crippen LogP contribution in [-0.4, -0.2) is 29.7 Å². The molecule has 2 aromatic rings. The van der Waals surface area contributed by atoms with E-state index >= 15 is 0 Å². The smallest absolute Gasteiger partial charge is 0.329 e. The molecule has 1 aromatic carbocycles. The van der Waals surface area contributed by atoms with Crippen LogP contribution in [0.1, 0.15) is 17.9 Å². The second-order valence-corrected chi connectivity index (χ2v) is 5.95. The summed E-state index contributed by atoms with van der Waals surface area (Å²) in [6.07, 6.45) is 0.331. The maximum atomic E-state index is 12.1. The molecule has 0 aliphatic rings. The van der Waals surface area contributed by atoms with E-state index in [2.05, 4.69) is 14.9 Å². The lowest BCUT2D eigenvalue weighted by molar-refractivity contribution is -0.136. The summed E-state index contributed by atoms with van der Waals surface area (Å²) in [5, 5.41) is 15.7. The second kappa shape index (κ2) is 5.92. The number of hydrogen-bond acceptors (Lipinski definition) is 6. The van der Waals surface area contributed by atoms with Gasteiger partial charge >= 0.3 is 12.0 Å². The topological polar surface area (TPSA) is 122 Å². The van der Waals surface area contributed by atoms with E-state index in [1.807, 2.05) is 0 Å². The Bertz CT molecular complexity index is 737. The number of hydrogen-bond donors (Lipinski definition) is 2. The number of aromatic nitrogens is 2. The summed E-state index contributed by atoms with van der Waals surface area (Å²) in [5.74, 6) is -0.656. The van der Waals surface area contributed by atoms with Crippen LogP contribution in [0.25, 0.3) is 0 Å². The van der Waals surface area contributed by atoms with Crippen molar-refractivity contribution < 1.29 is 22.7 Å². The molecule has 0 amide bonds. The molecule has 0 spiro atoms. The van der Waals surface area contributed by atoms with Crippen molar-refractivity contribution in [3.8, 4) is 0 Å². The summed E-state index contributed by atoms with van der Waals surface area (Å²) >= 11 is 0. The molecule has 0 saturated heterocycles. The van der Waals surface area contributed by atoms with Crippen molar-refractivity contribution in [1.29, 1.82) is 0 Å². The SMILES string of the molecule is Cc1nnc(NS(=O)(=O)c2ccc(CCC(=O)O)cc2)o1. The standard InChI is InChI=1S/C12H13N3O5S/c1-8-13-14-12(20-8)15-21(18,19)10-5-2-9(3-6-10)4-7-11(16)17/h2-3,5-6H,4,7H2,1H3,(H,14,15)(H,16,17). The molecule has 1 heterocycles. The van der Waals surface area contributed by atoms with Crippen LogP contribution in [0.3, 0.4) is 0 Å². The van der Waals surface area contributed by atoms with Gasteiger partial charge in [0, 0.05) is 13.3 Å². The van der Waals surface area contributed by atoms with Gasteiger partial charge in [-0.2, -0.15) is 0 Å². The molecule has 0 bridgehead atoms. The summed E-state index contributed by atoms with van der Waals surface area (Å²) in [7, 11) is -3.81. The number of carboxylic acids is 1. The minimum Gasteiger partial charge on any atom is -0.481 e. The zero-order valence-corrected chi connectivity index (χ0v) is 11.9. The van der Waals surface area contributed by atoms with Gasteiger partial charge in [0.2, 0.25) is 5.89 Å². The highest BCUT2D eigenvalue weighted by molar-refractivity contribution is 7.92. The van der Waals surface area contributed by atoms with Gasteiger partial charge in [0.25, 0.3) is 10.0 Å². The Hall–Kier alpha value is -2.42. The van der Waals surface area contributed by atoms with Gasteiger partial charge in [-0.05, 0) is 24.1 Å². The average Bonchev–Trinajstić information content (AvgIpc) is 2.81. The van der Waals surface area contributed by atoms with Gasteiger partial charge in [-0.15, -0.1) is 5.10 Å². The molecule has 2 rings (SSSR count). The fourth-order valence-corrected chi connectivity index (χ4v) is 2.52. The van der Waals surface area contributed by atoms with Crippen LogP contribution >= 0.6 is 0 Å². The van der Waals surface area contributed by atoms with Crippen molar-refractivity contribution in [2.45, 2.75) is 24.7 Å². The lowest BCUT2D eigenvalue weighted by Gasteiger charge is -2.05. The van der Waals surface area contributed by atoms with E-state index in [0.29, 0.717) is 6.42 Å². The second-order valence-electron chi connectivity index (χ2n) is 4.27. The van der Waals surface area contributed by atoms with Crippen molar-refractivity contribution in [3.63, 3.8) is 0 Å². The number of rotatable bonds is 6. The predicted molar refractivity (Wildman–Crippen MR) is 72.2 cm³/mol. The van der Waals surface area contributed by atoms with E-state index < -0.39 is 16.0 Å². The Morgan fingerprint density at radius 2 is 1.95 bits per heavy atom. The maximum Gasteiger partial charge on any atom is 0.329 e. The van der Waals surface area contributed by atoms with E-state index in [4.69, 9.17) is 9.52 Å². The van der Waals surface area contributed by atoms with Gasteiger partial charge in [0.15, 0.2) is 0 Å². The first-order valence-electron chi connectivity index (χ1n) is 6.00. The van der Waals surface area contributed by atoms with Crippen molar-refractivity contribution in [3.05, 3.63) is 35.7 Å². The van der Waals surface area contributed by atoms with Gasteiger partial charge < -0.3 is 9.52 Å².